The van der Waals surface area contributed by atoms with E-state index >= 15 is 0 Å². The topological polar surface area (TPSA) is 108 Å². The van der Waals surface area contributed by atoms with E-state index in [2.05, 4.69) is 15.2 Å². The fourth-order valence-corrected chi connectivity index (χ4v) is 2.49. The average molecular weight is 272 g/mol. The van der Waals surface area contributed by atoms with E-state index in [1.807, 2.05) is 4.72 Å². The van der Waals surface area contributed by atoms with Crippen molar-refractivity contribution in [2.75, 3.05) is 4.72 Å². The lowest BCUT2D eigenvalue weighted by Crippen LogP contribution is -2.16. The number of H-pyrrole nitrogens is 1. The second kappa shape index (κ2) is 4.70. The number of rotatable bonds is 4. The molecule has 18 heavy (non-hydrogen) atoms. The number of aliphatic hydroxyl groups is 1. The summed E-state index contributed by atoms with van der Waals surface area (Å²) < 4.78 is 39.1. The average Bonchev–Trinajstić information content (AvgIpc) is 2.81. The highest BCUT2D eigenvalue weighted by Crippen LogP contribution is 2.18. The van der Waals surface area contributed by atoms with Crippen LogP contribution in [0, 0.1) is 5.82 Å². The molecule has 0 amide bonds. The van der Waals surface area contributed by atoms with Gasteiger partial charge in [-0.3, -0.25) is 14.8 Å². The molecule has 2 heterocycles. The highest BCUT2D eigenvalue weighted by Gasteiger charge is 2.21. The number of nitrogens with one attached hydrogen (secondary N) is 2. The van der Waals surface area contributed by atoms with Crippen molar-refractivity contribution in [3.05, 3.63) is 36.0 Å². The van der Waals surface area contributed by atoms with Crippen LogP contribution in [0.2, 0.25) is 0 Å². The van der Waals surface area contributed by atoms with Crippen LogP contribution in [0.25, 0.3) is 0 Å². The molecule has 0 spiro atoms. The molecule has 2 aromatic heterocycles. The van der Waals surface area contributed by atoms with Gasteiger partial charge >= 0.3 is 0 Å². The maximum absolute atomic E-state index is 13.3. The molecular weight excluding hydrogens is 263 g/mol. The van der Waals surface area contributed by atoms with E-state index in [1.165, 1.54) is 18.5 Å². The van der Waals surface area contributed by atoms with Crippen molar-refractivity contribution in [3.63, 3.8) is 0 Å². The number of hydrogen-bond acceptors (Lipinski definition) is 5. The van der Waals surface area contributed by atoms with Crippen LogP contribution >= 0.6 is 0 Å². The van der Waals surface area contributed by atoms with Crippen LogP contribution in [0.5, 0.6) is 0 Å². The fourth-order valence-electron chi connectivity index (χ4n) is 1.30. The van der Waals surface area contributed by atoms with Gasteiger partial charge in [-0.25, -0.2) is 4.39 Å². The number of aliphatic hydroxyl groups excluding tert-OH is 1. The van der Waals surface area contributed by atoms with Gasteiger partial charge < -0.3 is 5.11 Å². The lowest BCUT2D eigenvalue weighted by Gasteiger charge is -2.07. The summed E-state index contributed by atoms with van der Waals surface area (Å²) >= 11 is 0. The molecule has 0 unspecified atom stereocenters. The van der Waals surface area contributed by atoms with Gasteiger partial charge in [-0.2, -0.15) is 13.5 Å². The summed E-state index contributed by atoms with van der Waals surface area (Å²) in [5.74, 6) is -0.800. The molecule has 9 heteroatoms. The molecule has 2 rings (SSSR count). The Morgan fingerprint density at radius 3 is 2.89 bits per heavy atom. The minimum atomic E-state index is -4.03. The molecule has 0 bridgehead atoms. The van der Waals surface area contributed by atoms with Gasteiger partial charge in [0.15, 0.2) is 10.8 Å². The quantitative estimate of drug-likeness (QED) is 0.738. The molecule has 96 valence electrons. The molecule has 3 N–H and O–H groups in total. The predicted molar refractivity (Wildman–Crippen MR) is 59.5 cm³/mol. The molecule has 0 aliphatic rings. The van der Waals surface area contributed by atoms with E-state index in [4.69, 9.17) is 5.11 Å². The van der Waals surface area contributed by atoms with Gasteiger partial charge in [0.2, 0.25) is 0 Å². The number of anilines is 1. The van der Waals surface area contributed by atoms with Crippen LogP contribution in [0.15, 0.2) is 29.7 Å². The molecule has 0 aromatic carbocycles. The van der Waals surface area contributed by atoms with Crippen molar-refractivity contribution >= 4 is 15.7 Å². The molecule has 0 saturated heterocycles. The van der Waals surface area contributed by atoms with E-state index in [0.29, 0.717) is 0 Å². The SMILES string of the molecule is O=S(=O)(Nc1ccncc1F)c1[nH]ncc1CO. The van der Waals surface area contributed by atoms with Crippen LogP contribution in [0.1, 0.15) is 5.56 Å². The minimum Gasteiger partial charge on any atom is -0.392 e. The maximum atomic E-state index is 13.3. The molecule has 7 nitrogen and oxygen atoms in total. The molecule has 0 aliphatic carbocycles. The van der Waals surface area contributed by atoms with Crippen LogP contribution in [-0.2, 0) is 16.6 Å². The van der Waals surface area contributed by atoms with Crippen LogP contribution in [0.3, 0.4) is 0 Å². The molecule has 2 aromatic rings. The Bertz CT molecular complexity index is 655. The smallest absolute Gasteiger partial charge is 0.279 e. The molecule has 0 atom stereocenters. The zero-order valence-electron chi connectivity index (χ0n) is 8.96. The van der Waals surface area contributed by atoms with Crippen LogP contribution in [-0.4, -0.2) is 28.7 Å². The van der Waals surface area contributed by atoms with Crippen molar-refractivity contribution < 1.29 is 17.9 Å². The summed E-state index contributed by atoms with van der Waals surface area (Å²) in [6, 6.07) is 1.18. The maximum Gasteiger partial charge on any atom is 0.279 e. The number of aromatic amines is 1. The van der Waals surface area contributed by atoms with Gasteiger partial charge in [0.05, 0.1) is 24.7 Å². The Hall–Kier alpha value is -2.00. The molecular formula is C9H9FN4O3S. The van der Waals surface area contributed by atoms with Gasteiger partial charge in [0, 0.05) is 11.8 Å². The highest BCUT2D eigenvalue weighted by atomic mass is 32.2. The third-order valence-corrected chi connectivity index (χ3v) is 3.51. The van der Waals surface area contributed by atoms with E-state index in [9.17, 15) is 12.8 Å². The van der Waals surface area contributed by atoms with E-state index in [0.717, 1.165) is 6.20 Å². The normalized spacial score (nSPS) is 11.4. The zero-order valence-corrected chi connectivity index (χ0v) is 9.78. The van der Waals surface area contributed by atoms with E-state index < -0.39 is 22.4 Å². The Kier molecular flexibility index (Phi) is 3.26. The largest absolute Gasteiger partial charge is 0.392 e. The minimum absolute atomic E-state index is 0.0944. The van der Waals surface area contributed by atoms with Gasteiger partial charge in [-0.1, -0.05) is 0 Å². The molecule has 0 fully saturated rings. The monoisotopic (exact) mass is 272 g/mol. The molecule has 0 aliphatic heterocycles. The second-order valence-corrected chi connectivity index (χ2v) is 4.96. The predicted octanol–water partition coefficient (Wildman–Crippen LogP) is 0.237. The zero-order chi connectivity index (χ0) is 13.2. The van der Waals surface area contributed by atoms with Crippen molar-refractivity contribution in [2.45, 2.75) is 11.6 Å². The Morgan fingerprint density at radius 2 is 2.22 bits per heavy atom. The summed E-state index contributed by atoms with van der Waals surface area (Å²) in [6.45, 7) is -0.494. The van der Waals surface area contributed by atoms with Gasteiger partial charge in [-0.05, 0) is 6.07 Å². The number of aromatic nitrogens is 3. The van der Waals surface area contributed by atoms with Crippen molar-refractivity contribution in [3.8, 4) is 0 Å². The first-order valence-electron chi connectivity index (χ1n) is 4.80. The van der Waals surface area contributed by atoms with Crippen LogP contribution < -0.4 is 4.72 Å². The molecule has 0 saturated carbocycles. The van der Waals surface area contributed by atoms with Crippen molar-refractivity contribution in [1.82, 2.24) is 15.2 Å². The highest BCUT2D eigenvalue weighted by molar-refractivity contribution is 7.92. The number of sulfonamides is 1. The van der Waals surface area contributed by atoms with Crippen molar-refractivity contribution in [2.24, 2.45) is 0 Å². The number of hydrogen-bond donors (Lipinski definition) is 3. The number of halogens is 1. The lowest BCUT2D eigenvalue weighted by molar-refractivity contribution is 0.278. The fraction of sp³-hybridized carbons (Fsp3) is 0.111. The summed E-state index contributed by atoms with van der Waals surface area (Å²) in [4.78, 5) is 3.50. The van der Waals surface area contributed by atoms with Gasteiger partial charge in [0.25, 0.3) is 10.0 Å². The standard InChI is InChI=1S/C9H9FN4O3S/c10-7-4-11-2-1-8(7)14-18(16,17)9-6(5-15)3-12-13-9/h1-4,15H,5H2,(H,11,14)(H,12,13). The summed E-state index contributed by atoms with van der Waals surface area (Å²) in [5.41, 5.74) is -0.138. The first-order valence-corrected chi connectivity index (χ1v) is 6.28. The summed E-state index contributed by atoms with van der Waals surface area (Å²) in [6.07, 6.45) is 3.32. The summed E-state index contributed by atoms with van der Waals surface area (Å²) in [7, 11) is -4.03. The van der Waals surface area contributed by atoms with Gasteiger partial charge in [-0.15, -0.1) is 0 Å². The first-order chi connectivity index (χ1) is 8.54. The first kappa shape index (κ1) is 12.5. The number of pyridine rings is 1. The third-order valence-electron chi connectivity index (χ3n) is 2.13. The van der Waals surface area contributed by atoms with Crippen LogP contribution in [0.4, 0.5) is 10.1 Å². The van der Waals surface area contributed by atoms with E-state index in [1.54, 1.807) is 0 Å². The van der Waals surface area contributed by atoms with E-state index in [-0.39, 0.29) is 16.3 Å². The lowest BCUT2D eigenvalue weighted by atomic mass is 10.4. The molecule has 0 radical (unpaired) electrons. The second-order valence-electron chi connectivity index (χ2n) is 3.34. The van der Waals surface area contributed by atoms with Gasteiger partial charge in [0.1, 0.15) is 0 Å². The Morgan fingerprint density at radius 1 is 1.44 bits per heavy atom. The van der Waals surface area contributed by atoms with Crippen molar-refractivity contribution in [1.29, 1.82) is 0 Å². The Balaban J connectivity index is 2.37. The summed E-state index contributed by atoms with van der Waals surface area (Å²) in [5, 5.41) is 14.4. The third kappa shape index (κ3) is 2.31. The Labute approximate surface area is 102 Å². The number of nitrogens with zero attached hydrogens (tertiary/aromatic N) is 2.